The van der Waals surface area contributed by atoms with Crippen molar-refractivity contribution in [3.8, 4) is 6.07 Å². The molecule has 0 unspecified atom stereocenters. The summed E-state index contributed by atoms with van der Waals surface area (Å²) in [4.78, 5) is 11.5. The van der Waals surface area contributed by atoms with Gasteiger partial charge in [0.15, 0.2) is 0 Å². The highest BCUT2D eigenvalue weighted by molar-refractivity contribution is 7.99. The second kappa shape index (κ2) is 7.96. The Bertz CT molecular complexity index is 462. The fourth-order valence-electron chi connectivity index (χ4n) is 1.19. The van der Waals surface area contributed by atoms with E-state index in [2.05, 4.69) is 5.32 Å². The van der Waals surface area contributed by atoms with E-state index in [1.165, 1.54) is 30.0 Å². The van der Waals surface area contributed by atoms with Crippen LogP contribution in [0.2, 0.25) is 5.02 Å². The zero-order valence-electron chi connectivity index (χ0n) is 9.58. The first kappa shape index (κ1) is 14.8. The molecule has 0 fully saturated rings. The average Bonchev–Trinajstić information content (AvgIpc) is 2.34. The van der Waals surface area contributed by atoms with Crippen LogP contribution in [0.3, 0.4) is 0 Å². The third-order valence-corrected chi connectivity index (χ3v) is 3.35. The molecule has 0 saturated heterocycles. The van der Waals surface area contributed by atoms with Crippen LogP contribution in [-0.2, 0) is 4.79 Å². The molecule has 0 saturated carbocycles. The van der Waals surface area contributed by atoms with Gasteiger partial charge in [-0.1, -0.05) is 11.6 Å². The fraction of sp³-hybridized carbons (Fsp3) is 0.333. The van der Waals surface area contributed by atoms with Crippen LogP contribution in [0, 0.1) is 17.1 Å². The van der Waals surface area contributed by atoms with Crippen molar-refractivity contribution in [2.24, 2.45) is 0 Å². The highest BCUT2D eigenvalue weighted by atomic mass is 35.5. The first-order valence-electron chi connectivity index (χ1n) is 5.33. The Morgan fingerprint density at radius 2 is 2.33 bits per heavy atom. The SMILES string of the molecule is N#CCCCSCC(=O)Nc1ccc(F)c(Cl)c1. The number of nitrogens with one attached hydrogen (secondary N) is 1. The van der Waals surface area contributed by atoms with Gasteiger partial charge in [0.1, 0.15) is 5.82 Å². The molecule has 3 nitrogen and oxygen atoms in total. The molecule has 0 atom stereocenters. The third-order valence-electron chi connectivity index (χ3n) is 2.01. The van der Waals surface area contributed by atoms with Crippen LogP contribution in [0.5, 0.6) is 0 Å². The smallest absolute Gasteiger partial charge is 0.234 e. The summed E-state index contributed by atoms with van der Waals surface area (Å²) < 4.78 is 12.9. The van der Waals surface area contributed by atoms with Crippen molar-refractivity contribution in [2.45, 2.75) is 12.8 Å². The number of nitriles is 1. The molecular formula is C12H12ClFN2OS. The Morgan fingerprint density at radius 3 is 3.00 bits per heavy atom. The average molecular weight is 287 g/mol. The first-order chi connectivity index (χ1) is 8.63. The van der Waals surface area contributed by atoms with Crippen LogP contribution in [0.1, 0.15) is 12.8 Å². The normalized spacial score (nSPS) is 9.83. The summed E-state index contributed by atoms with van der Waals surface area (Å²) in [7, 11) is 0. The molecule has 1 amide bonds. The number of rotatable bonds is 6. The second-order valence-corrected chi connectivity index (χ2v) is 5.00. The molecule has 96 valence electrons. The Balaban J connectivity index is 2.31. The van der Waals surface area contributed by atoms with Gasteiger partial charge in [-0.3, -0.25) is 4.79 Å². The van der Waals surface area contributed by atoms with E-state index in [1.807, 2.05) is 6.07 Å². The fourth-order valence-corrected chi connectivity index (χ4v) is 2.12. The molecule has 0 bridgehead atoms. The molecule has 1 rings (SSSR count). The van der Waals surface area contributed by atoms with Crippen LogP contribution >= 0.6 is 23.4 Å². The molecule has 0 radical (unpaired) electrons. The van der Waals surface area contributed by atoms with Crippen molar-refractivity contribution in [1.29, 1.82) is 5.26 Å². The number of benzene rings is 1. The monoisotopic (exact) mass is 286 g/mol. The molecule has 1 N–H and O–H groups in total. The van der Waals surface area contributed by atoms with Crippen molar-refractivity contribution in [3.05, 3.63) is 29.0 Å². The van der Waals surface area contributed by atoms with Gasteiger partial charge < -0.3 is 5.32 Å². The van der Waals surface area contributed by atoms with Gasteiger partial charge in [-0.15, -0.1) is 0 Å². The lowest BCUT2D eigenvalue weighted by Gasteiger charge is -2.05. The molecule has 0 heterocycles. The maximum atomic E-state index is 12.9. The van der Waals surface area contributed by atoms with Gasteiger partial charge in [0.25, 0.3) is 0 Å². The second-order valence-electron chi connectivity index (χ2n) is 3.49. The summed E-state index contributed by atoms with van der Waals surface area (Å²) in [5.41, 5.74) is 0.476. The van der Waals surface area contributed by atoms with Crippen LogP contribution in [0.25, 0.3) is 0 Å². The molecular weight excluding hydrogens is 275 g/mol. The topological polar surface area (TPSA) is 52.9 Å². The minimum atomic E-state index is -0.513. The number of carbonyl (C=O) groups excluding carboxylic acids is 1. The largest absolute Gasteiger partial charge is 0.325 e. The first-order valence-corrected chi connectivity index (χ1v) is 6.86. The standard InChI is InChI=1S/C12H12ClFN2OS/c13-10-7-9(3-4-11(10)14)16-12(17)8-18-6-2-1-5-15/h3-4,7H,1-2,6,8H2,(H,16,17). The number of amides is 1. The number of carbonyl (C=O) groups is 1. The number of hydrogen-bond acceptors (Lipinski definition) is 3. The highest BCUT2D eigenvalue weighted by Gasteiger charge is 2.05. The molecule has 0 aliphatic rings. The zero-order chi connectivity index (χ0) is 13.4. The molecule has 1 aromatic carbocycles. The van der Waals surface area contributed by atoms with E-state index in [1.54, 1.807) is 0 Å². The summed E-state index contributed by atoms with van der Waals surface area (Å²) in [5.74, 6) is 0.395. The van der Waals surface area contributed by atoms with Gasteiger partial charge in [-0.25, -0.2) is 4.39 Å². The number of thioether (sulfide) groups is 1. The van der Waals surface area contributed by atoms with Crippen LogP contribution < -0.4 is 5.32 Å². The van der Waals surface area contributed by atoms with Gasteiger partial charge in [0.2, 0.25) is 5.91 Å². The van der Waals surface area contributed by atoms with E-state index in [4.69, 9.17) is 16.9 Å². The van der Waals surface area contributed by atoms with Crippen LogP contribution in [0.15, 0.2) is 18.2 Å². The minimum Gasteiger partial charge on any atom is -0.325 e. The van der Waals surface area contributed by atoms with Gasteiger partial charge in [0, 0.05) is 12.1 Å². The number of hydrogen-bond donors (Lipinski definition) is 1. The lowest BCUT2D eigenvalue weighted by atomic mass is 10.3. The predicted octanol–water partition coefficient (Wildman–Crippen LogP) is 3.45. The number of nitrogens with zero attached hydrogens (tertiary/aromatic N) is 1. The van der Waals surface area contributed by atoms with Crippen molar-refractivity contribution < 1.29 is 9.18 Å². The lowest BCUT2D eigenvalue weighted by molar-refractivity contribution is -0.113. The summed E-state index contributed by atoms with van der Waals surface area (Å²) >= 11 is 7.05. The maximum Gasteiger partial charge on any atom is 0.234 e. The number of anilines is 1. The van der Waals surface area contributed by atoms with Gasteiger partial charge in [-0.05, 0) is 30.4 Å². The molecule has 0 aliphatic carbocycles. The summed E-state index contributed by atoms with van der Waals surface area (Å²) in [6.07, 6.45) is 1.28. The van der Waals surface area contributed by atoms with Crippen molar-refractivity contribution in [3.63, 3.8) is 0 Å². The molecule has 6 heteroatoms. The van der Waals surface area contributed by atoms with E-state index < -0.39 is 5.82 Å². The maximum absolute atomic E-state index is 12.9. The zero-order valence-corrected chi connectivity index (χ0v) is 11.2. The molecule has 18 heavy (non-hydrogen) atoms. The van der Waals surface area contributed by atoms with E-state index in [0.717, 1.165) is 12.2 Å². The van der Waals surface area contributed by atoms with Gasteiger partial charge >= 0.3 is 0 Å². The van der Waals surface area contributed by atoms with Crippen LogP contribution in [-0.4, -0.2) is 17.4 Å². The van der Waals surface area contributed by atoms with E-state index >= 15 is 0 Å². The van der Waals surface area contributed by atoms with Crippen molar-refractivity contribution >= 4 is 35.0 Å². The summed E-state index contributed by atoms with van der Waals surface area (Å²) in [6.45, 7) is 0. The lowest BCUT2D eigenvalue weighted by Crippen LogP contribution is -2.14. The minimum absolute atomic E-state index is 0.0190. The Morgan fingerprint density at radius 1 is 1.56 bits per heavy atom. The van der Waals surface area contributed by atoms with E-state index in [0.29, 0.717) is 17.9 Å². The van der Waals surface area contributed by atoms with E-state index in [-0.39, 0.29) is 10.9 Å². The summed E-state index contributed by atoms with van der Waals surface area (Å²) in [5, 5.41) is 10.9. The van der Waals surface area contributed by atoms with Crippen molar-refractivity contribution in [1.82, 2.24) is 0 Å². The Labute approximate surface area is 114 Å². The molecule has 0 spiro atoms. The molecule has 1 aromatic rings. The Kier molecular flexibility index (Phi) is 6.55. The Hall–Kier alpha value is -1.25. The van der Waals surface area contributed by atoms with Gasteiger partial charge in [0.05, 0.1) is 16.8 Å². The van der Waals surface area contributed by atoms with Crippen molar-refractivity contribution in [2.75, 3.05) is 16.8 Å². The molecule has 0 aromatic heterocycles. The van der Waals surface area contributed by atoms with E-state index in [9.17, 15) is 9.18 Å². The van der Waals surface area contributed by atoms with Crippen LogP contribution in [0.4, 0.5) is 10.1 Å². The quantitative estimate of drug-likeness (QED) is 0.815. The highest BCUT2D eigenvalue weighted by Crippen LogP contribution is 2.19. The number of halogens is 2. The predicted molar refractivity (Wildman–Crippen MR) is 72.2 cm³/mol. The third kappa shape index (κ3) is 5.39. The molecule has 0 aliphatic heterocycles. The van der Waals surface area contributed by atoms with Gasteiger partial charge in [-0.2, -0.15) is 17.0 Å². The number of unbranched alkanes of at least 4 members (excludes halogenated alkanes) is 1. The summed E-state index contributed by atoms with van der Waals surface area (Å²) in [6, 6.07) is 6.08.